The number of pyridine rings is 1. The van der Waals surface area contributed by atoms with Crippen LogP contribution in [0.3, 0.4) is 0 Å². The molecule has 0 saturated heterocycles. The van der Waals surface area contributed by atoms with Crippen LogP contribution < -0.4 is 5.43 Å². The average Bonchev–Trinajstić information content (AvgIpc) is 3.26. The van der Waals surface area contributed by atoms with Crippen LogP contribution in [0.15, 0.2) is 17.1 Å². The van der Waals surface area contributed by atoms with Crippen molar-refractivity contribution in [2.45, 2.75) is 25.6 Å². The van der Waals surface area contributed by atoms with Crippen LogP contribution in [0.25, 0.3) is 10.9 Å². The highest BCUT2D eigenvalue weighted by Gasteiger charge is 2.41. The summed E-state index contributed by atoms with van der Waals surface area (Å²) in [5.41, 5.74) is -2.24. The second kappa shape index (κ2) is 5.67. The lowest BCUT2D eigenvalue weighted by Gasteiger charge is -2.14. The Bertz CT molecular complexity index is 962. The third-order valence-corrected chi connectivity index (χ3v) is 3.85. The van der Waals surface area contributed by atoms with E-state index in [4.69, 9.17) is 10.00 Å². The highest BCUT2D eigenvalue weighted by molar-refractivity contribution is 5.95. The van der Waals surface area contributed by atoms with E-state index in [0.717, 1.165) is 10.8 Å². The molecule has 1 aromatic heterocycles. The first-order chi connectivity index (χ1) is 11.4. The largest absolute Gasteiger partial charge is 0.462 e. The standard InChI is InChI=1S/C16H11F3N2O3/c1-2-24-16(23)9-6-21(12-4-10(12)17)14-7(15(9)22)3-11(18)13(19)8(14)5-20/h3,6,10,12H,2,4H2,1H3/t10-,12-/m1/s1. The molecule has 0 aliphatic heterocycles. The highest BCUT2D eigenvalue weighted by Crippen LogP contribution is 2.41. The van der Waals surface area contributed by atoms with Gasteiger partial charge in [0.1, 0.15) is 23.4 Å². The van der Waals surface area contributed by atoms with E-state index in [-0.39, 0.29) is 23.9 Å². The number of benzene rings is 1. The summed E-state index contributed by atoms with van der Waals surface area (Å²) in [7, 11) is 0. The van der Waals surface area contributed by atoms with Crippen molar-refractivity contribution in [1.82, 2.24) is 4.57 Å². The van der Waals surface area contributed by atoms with Crippen molar-refractivity contribution >= 4 is 16.9 Å². The molecule has 1 saturated carbocycles. The van der Waals surface area contributed by atoms with Gasteiger partial charge in [-0.3, -0.25) is 4.79 Å². The number of nitriles is 1. The fourth-order valence-electron chi connectivity index (χ4n) is 2.62. The number of carbonyl (C=O) groups excluding carboxylic acids is 1. The first-order valence-corrected chi connectivity index (χ1v) is 7.18. The molecule has 1 aliphatic rings. The van der Waals surface area contributed by atoms with Gasteiger partial charge in [-0.1, -0.05) is 0 Å². The third-order valence-electron chi connectivity index (χ3n) is 3.85. The molecule has 1 heterocycles. The minimum atomic E-state index is -1.42. The molecule has 1 aliphatic carbocycles. The molecule has 1 fully saturated rings. The smallest absolute Gasteiger partial charge is 0.343 e. The minimum absolute atomic E-state index is 0.00665. The van der Waals surface area contributed by atoms with Crippen molar-refractivity contribution in [3.63, 3.8) is 0 Å². The van der Waals surface area contributed by atoms with Crippen LogP contribution in [0, 0.1) is 23.0 Å². The van der Waals surface area contributed by atoms with Gasteiger partial charge in [0.15, 0.2) is 11.6 Å². The van der Waals surface area contributed by atoms with Gasteiger partial charge in [-0.15, -0.1) is 0 Å². The fraction of sp³-hybridized carbons (Fsp3) is 0.312. The Morgan fingerprint density at radius 3 is 2.71 bits per heavy atom. The monoisotopic (exact) mass is 336 g/mol. The molecule has 2 atom stereocenters. The van der Waals surface area contributed by atoms with Crippen molar-refractivity contribution in [2.24, 2.45) is 0 Å². The van der Waals surface area contributed by atoms with Crippen molar-refractivity contribution < 1.29 is 22.7 Å². The molecule has 0 unspecified atom stereocenters. The van der Waals surface area contributed by atoms with E-state index in [1.807, 2.05) is 0 Å². The third kappa shape index (κ3) is 2.33. The molecular weight excluding hydrogens is 325 g/mol. The second-order valence-corrected chi connectivity index (χ2v) is 5.37. The lowest BCUT2D eigenvalue weighted by atomic mass is 10.1. The number of aromatic nitrogens is 1. The van der Waals surface area contributed by atoms with Crippen LogP contribution in [-0.2, 0) is 4.74 Å². The number of rotatable bonds is 3. The quantitative estimate of drug-likeness (QED) is 0.808. The number of alkyl halides is 1. The molecule has 0 bridgehead atoms. The first-order valence-electron chi connectivity index (χ1n) is 7.18. The molecule has 0 radical (unpaired) electrons. The lowest BCUT2D eigenvalue weighted by Crippen LogP contribution is -2.22. The molecule has 5 nitrogen and oxygen atoms in total. The SMILES string of the molecule is CCOC(=O)c1cn([C@@H]2C[C@H]2F)c2c(C#N)c(F)c(F)cc2c1=O. The van der Waals surface area contributed by atoms with E-state index in [2.05, 4.69) is 0 Å². The normalized spacial score (nSPS) is 19.1. The van der Waals surface area contributed by atoms with Gasteiger partial charge in [-0.25, -0.2) is 18.0 Å². The zero-order chi connectivity index (χ0) is 17.6. The van der Waals surface area contributed by atoms with Crippen LogP contribution in [0.5, 0.6) is 0 Å². The van der Waals surface area contributed by atoms with E-state index in [1.165, 1.54) is 6.07 Å². The van der Waals surface area contributed by atoms with Crippen LogP contribution in [0.2, 0.25) is 0 Å². The van der Waals surface area contributed by atoms with Gasteiger partial charge in [0.05, 0.1) is 23.6 Å². The average molecular weight is 336 g/mol. The van der Waals surface area contributed by atoms with E-state index >= 15 is 0 Å². The molecule has 0 spiro atoms. The number of hydrogen-bond donors (Lipinski definition) is 0. The van der Waals surface area contributed by atoms with Crippen molar-refractivity contribution in [3.05, 3.63) is 45.2 Å². The maximum Gasteiger partial charge on any atom is 0.343 e. The summed E-state index contributed by atoms with van der Waals surface area (Å²) < 4.78 is 47.1. The summed E-state index contributed by atoms with van der Waals surface area (Å²) in [5.74, 6) is -3.76. The van der Waals surface area contributed by atoms with E-state index < -0.39 is 46.4 Å². The minimum Gasteiger partial charge on any atom is -0.462 e. The van der Waals surface area contributed by atoms with Gasteiger partial charge < -0.3 is 9.30 Å². The molecule has 2 aromatic rings. The molecule has 124 valence electrons. The van der Waals surface area contributed by atoms with Gasteiger partial charge in [0.2, 0.25) is 5.43 Å². The number of fused-ring (bicyclic) bond motifs is 1. The number of nitrogens with zero attached hydrogens (tertiary/aromatic N) is 2. The maximum atomic E-state index is 13.9. The van der Waals surface area contributed by atoms with Crippen molar-refractivity contribution in [1.29, 1.82) is 5.26 Å². The Morgan fingerprint density at radius 2 is 2.17 bits per heavy atom. The molecule has 1 aromatic carbocycles. The summed E-state index contributed by atoms with van der Waals surface area (Å²) in [6.45, 7) is 1.55. The van der Waals surface area contributed by atoms with Crippen LogP contribution in [0.4, 0.5) is 13.2 Å². The van der Waals surface area contributed by atoms with Crippen LogP contribution in [0.1, 0.15) is 35.3 Å². The first kappa shape index (κ1) is 16.1. The fourth-order valence-corrected chi connectivity index (χ4v) is 2.62. The van der Waals surface area contributed by atoms with Gasteiger partial charge in [-0.2, -0.15) is 5.26 Å². The molecule has 3 rings (SSSR count). The number of halogens is 3. The lowest BCUT2D eigenvalue weighted by molar-refractivity contribution is 0.0524. The number of ether oxygens (including phenoxy) is 1. The molecule has 24 heavy (non-hydrogen) atoms. The zero-order valence-electron chi connectivity index (χ0n) is 12.5. The molecule has 0 amide bonds. The van der Waals surface area contributed by atoms with Crippen molar-refractivity contribution in [3.8, 4) is 6.07 Å². The van der Waals surface area contributed by atoms with Gasteiger partial charge >= 0.3 is 5.97 Å². The Hall–Kier alpha value is -2.82. The summed E-state index contributed by atoms with van der Waals surface area (Å²) in [5, 5.41) is 8.76. The number of hydrogen-bond acceptors (Lipinski definition) is 4. The Labute approximate surface area is 133 Å². The van der Waals surface area contributed by atoms with Crippen LogP contribution in [-0.4, -0.2) is 23.3 Å². The predicted octanol–water partition coefficient (Wildman–Crippen LogP) is 2.61. The number of carbonyl (C=O) groups is 1. The van der Waals surface area contributed by atoms with Crippen LogP contribution >= 0.6 is 0 Å². The Kier molecular flexibility index (Phi) is 3.79. The Balaban J connectivity index is 2.43. The summed E-state index contributed by atoms with van der Waals surface area (Å²) in [6.07, 6.45) is -0.125. The van der Waals surface area contributed by atoms with E-state index in [1.54, 1.807) is 6.92 Å². The van der Waals surface area contributed by atoms with E-state index in [0.29, 0.717) is 6.07 Å². The molecule has 8 heteroatoms. The highest BCUT2D eigenvalue weighted by atomic mass is 19.2. The molecule has 0 N–H and O–H groups in total. The van der Waals surface area contributed by atoms with Gasteiger partial charge in [0.25, 0.3) is 0 Å². The summed E-state index contributed by atoms with van der Waals surface area (Å²) >= 11 is 0. The number of esters is 1. The predicted molar refractivity (Wildman–Crippen MR) is 77.3 cm³/mol. The van der Waals surface area contributed by atoms with Gasteiger partial charge in [0, 0.05) is 12.6 Å². The Morgan fingerprint density at radius 1 is 1.50 bits per heavy atom. The summed E-state index contributed by atoms with van der Waals surface area (Å²) in [4.78, 5) is 24.4. The van der Waals surface area contributed by atoms with Crippen molar-refractivity contribution in [2.75, 3.05) is 6.61 Å². The molecular formula is C16H11F3N2O3. The topological polar surface area (TPSA) is 72.1 Å². The maximum absolute atomic E-state index is 13.9. The van der Waals surface area contributed by atoms with Gasteiger partial charge in [-0.05, 0) is 13.0 Å². The summed E-state index contributed by atoms with van der Waals surface area (Å²) in [6, 6.07) is 1.37. The van der Waals surface area contributed by atoms with E-state index in [9.17, 15) is 22.8 Å². The zero-order valence-corrected chi connectivity index (χ0v) is 12.5. The second-order valence-electron chi connectivity index (χ2n) is 5.37.